The van der Waals surface area contributed by atoms with Crippen molar-refractivity contribution < 1.29 is 34.5 Å². The Bertz CT molecular complexity index is 490. The van der Waals surface area contributed by atoms with E-state index in [0.29, 0.717) is 19.4 Å². The first kappa shape index (κ1) is 18.9. The molecular weight excluding hydrogens is 306 g/mol. The predicted molar refractivity (Wildman–Crippen MR) is 78.7 cm³/mol. The smallest absolute Gasteiger partial charge is 0.308 e. The van der Waals surface area contributed by atoms with Crippen molar-refractivity contribution in [3.05, 3.63) is 0 Å². The van der Waals surface area contributed by atoms with Gasteiger partial charge in [-0.25, -0.2) is 0 Å². The number of amides is 1. The fraction of sp³-hybridized carbons (Fsp3) is 0.733. The molecule has 1 heterocycles. The summed E-state index contributed by atoms with van der Waals surface area (Å²) < 4.78 is 0. The molecule has 1 aliphatic rings. The van der Waals surface area contributed by atoms with E-state index in [2.05, 4.69) is 0 Å². The lowest BCUT2D eigenvalue weighted by atomic mass is 9.77. The van der Waals surface area contributed by atoms with Crippen molar-refractivity contribution in [3.63, 3.8) is 0 Å². The van der Waals surface area contributed by atoms with Gasteiger partial charge in [-0.2, -0.15) is 0 Å². The fourth-order valence-electron chi connectivity index (χ4n) is 3.24. The van der Waals surface area contributed by atoms with Gasteiger partial charge in [-0.1, -0.05) is 6.92 Å². The standard InChI is InChI=1S/C15H23NO7/c1-3-9(13(18)19)12(15(22)23)10(14(20)21)7-8(2)16-6-4-5-11(16)17/h8-10,12H,3-7H2,1-2H3,(H,18,19)(H,20,21)(H,22,23). The number of aliphatic carboxylic acids is 3. The largest absolute Gasteiger partial charge is 0.481 e. The van der Waals surface area contributed by atoms with Crippen molar-refractivity contribution in [2.24, 2.45) is 17.8 Å². The Balaban J connectivity index is 3.01. The molecule has 1 amide bonds. The molecule has 0 aliphatic carbocycles. The van der Waals surface area contributed by atoms with E-state index in [9.17, 15) is 34.5 Å². The van der Waals surface area contributed by atoms with E-state index >= 15 is 0 Å². The number of nitrogens with zero attached hydrogens (tertiary/aromatic N) is 1. The highest BCUT2D eigenvalue weighted by Crippen LogP contribution is 2.30. The molecule has 1 rings (SSSR count). The molecule has 1 saturated heterocycles. The number of likely N-dealkylation sites (tertiary alicyclic amines) is 1. The Morgan fingerprint density at radius 1 is 1.09 bits per heavy atom. The van der Waals surface area contributed by atoms with Gasteiger partial charge in [0.15, 0.2) is 0 Å². The molecule has 0 bridgehead atoms. The third kappa shape index (κ3) is 4.43. The van der Waals surface area contributed by atoms with Crippen LogP contribution in [0.4, 0.5) is 0 Å². The van der Waals surface area contributed by atoms with Crippen molar-refractivity contribution in [2.75, 3.05) is 6.54 Å². The normalized spacial score (nSPS) is 19.9. The number of rotatable bonds is 9. The SMILES string of the molecule is CCC(C(=O)O)C(C(=O)O)C(CC(C)N1CCCC1=O)C(=O)O. The molecule has 8 heteroatoms. The van der Waals surface area contributed by atoms with Crippen molar-refractivity contribution in [2.45, 2.75) is 45.6 Å². The molecule has 0 aromatic heterocycles. The first-order valence-electron chi connectivity index (χ1n) is 7.68. The first-order chi connectivity index (χ1) is 10.7. The Hall–Kier alpha value is -2.12. The summed E-state index contributed by atoms with van der Waals surface area (Å²) in [5.41, 5.74) is 0. The Kier molecular flexibility index (Phi) is 6.53. The van der Waals surface area contributed by atoms with Crippen LogP contribution in [0.3, 0.4) is 0 Å². The van der Waals surface area contributed by atoms with Crippen LogP contribution >= 0.6 is 0 Å². The molecule has 8 nitrogen and oxygen atoms in total. The molecule has 1 fully saturated rings. The third-order valence-corrected chi connectivity index (χ3v) is 4.46. The highest BCUT2D eigenvalue weighted by atomic mass is 16.4. The second-order valence-electron chi connectivity index (χ2n) is 5.94. The molecule has 4 atom stereocenters. The third-order valence-electron chi connectivity index (χ3n) is 4.46. The summed E-state index contributed by atoms with van der Waals surface area (Å²) >= 11 is 0. The predicted octanol–water partition coefficient (Wildman–Crippen LogP) is 0.900. The maximum absolute atomic E-state index is 11.7. The van der Waals surface area contributed by atoms with Crippen molar-refractivity contribution >= 4 is 23.8 Å². The van der Waals surface area contributed by atoms with Gasteiger partial charge in [0.2, 0.25) is 5.91 Å². The number of carbonyl (C=O) groups excluding carboxylic acids is 1. The van der Waals surface area contributed by atoms with Gasteiger partial charge in [0.25, 0.3) is 0 Å². The summed E-state index contributed by atoms with van der Waals surface area (Å²) in [4.78, 5) is 47.6. The minimum absolute atomic E-state index is 0.0209. The molecule has 0 radical (unpaired) electrons. The van der Waals surface area contributed by atoms with Crippen molar-refractivity contribution in [1.82, 2.24) is 4.90 Å². The molecule has 0 spiro atoms. The van der Waals surface area contributed by atoms with E-state index in [1.54, 1.807) is 6.92 Å². The molecule has 1 aliphatic heterocycles. The summed E-state index contributed by atoms with van der Waals surface area (Å²) in [7, 11) is 0. The van der Waals surface area contributed by atoms with Crippen LogP contribution in [-0.4, -0.2) is 56.6 Å². The van der Waals surface area contributed by atoms with Crippen LogP contribution in [0.1, 0.15) is 39.5 Å². The minimum atomic E-state index is -1.53. The zero-order chi connectivity index (χ0) is 17.7. The number of carboxylic acids is 3. The van der Waals surface area contributed by atoms with E-state index in [4.69, 9.17) is 0 Å². The van der Waals surface area contributed by atoms with Gasteiger partial charge in [-0.3, -0.25) is 19.2 Å². The molecular formula is C15H23NO7. The Labute approximate surface area is 134 Å². The van der Waals surface area contributed by atoms with E-state index < -0.39 is 41.7 Å². The lowest BCUT2D eigenvalue weighted by molar-refractivity contribution is -0.163. The topological polar surface area (TPSA) is 132 Å². The summed E-state index contributed by atoms with van der Waals surface area (Å²) in [5.74, 6) is -8.38. The van der Waals surface area contributed by atoms with Crippen molar-refractivity contribution in [1.29, 1.82) is 0 Å². The zero-order valence-electron chi connectivity index (χ0n) is 13.3. The van der Waals surface area contributed by atoms with E-state index in [0.717, 1.165) is 0 Å². The van der Waals surface area contributed by atoms with Crippen LogP contribution in [-0.2, 0) is 19.2 Å². The van der Waals surface area contributed by atoms with Crippen LogP contribution in [0.5, 0.6) is 0 Å². The number of hydrogen-bond donors (Lipinski definition) is 3. The van der Waals surface area contributed by atoms with Gasteiger partial charge in [0.05, 0.1) is 17.8 Å². The van der Waals surface area contributed by atoms with Gasteiger partial charge in [0, 0.05) is 19.0 Å². The van der Waals surface area contributed by atoms with Crippen molar-refractivity contribution in [3.8, 4) is 0 Å². The van der Waals surface area contributed by atoms with E-state index in [1.165, 1.54) is 11.8 Å². The highest BCUT2D eigenvalue weighted by molar-refractivity contribution is 5.85. The Morgan fingerprint density at radius 3 is 2.00 bits per heavy atom. The van der Waals surface area contributed by atoms with Gasteiger partial charge in [-0.05, 0) is 26.2 Å². The quantitative estimate of drug-likeness (QED) is 0.572. The van der Waals surface area contributed by atoms with Gasteiger partial charge in [-0.15, -0.1) is 0 Å². The highest BCUT2D eigenvalue weighted by Gasteiger charge is 2.43. The number of carboxylic acid groups (broad SMARTS) is 3. The summed E-state index contributed by atoms with van der Waals surface area (Å²) in [6.07, 6.45) is 1.03. The second-order valence-corrected chi connectivity index (χ2v) is 5.94. The molecule has 3 N–H and O–H groups in total. The fourth-order valence-corrected chi connectivity index (χ4v) is 3.24. The summed E-state index contributed by atoms with van der Waals surface area (Å²) in [6, 6.07) is -0.445. The van der Waals surface area contributed by atoms with Crippen LogP contribution in [0, 0.1) is 17.8 Å². The molecule has 4 unspecified atom stereocenters. The van der Waals surface area contributed by atoms with Crippen LogP contribution in [0.15, 0.2) is 0 Å². The van der Waals surface area contributed by atoms with Gasteiger partial charge >= 0.3 is 17.9 Å². The van der Waals surface area contributed by atoms with Gasteiger partial charge < -0.3 is 20.2 Å². The molecule has 0 aromatic rings. The Morgan fingerprint density at radius 2 is 1.65 bits per heavy atom. The summed E-state index contributed by atoms with van der Waals surface area (Å²) in [6.45, 7) is 3.70. The average molecular weight is 329 g/mol. The summed E-state index contributed by atoms with van der Waals surface area (Å²) in [5, 5.41) is 28.0. The van der Waals surface area contributed by atoms with E-state index in [-0.39, 0.29) is 18.7 Å². The maximum Gasteiger partial charge on any atom is 0.308 e. The van der Waals surface area contributed by atoms with E-state index in [1.807, 2.05) is 0 Å². The maximum atomic E-state index is 11.7. The first-order valence-corrected chi connectivity index (χ1v) is 7.68. The second kappa shape index (κ2) is 7.94. The van der Waals surface area contributed by atoms with Crippen LogP contribution < -0.4 is 0 Å². The lowest BCUT2D eigenvalue weighted by Gasteiger charge is -2.31. The number of carbonyl (C=O) groups is 4. The molecule has 130 valence electrons. The van der Waals surface area contributed by atoms with Gasteiger partial charge in [0.1, 0.15) is 0 Å². The number of hydrogen-bond acceptors (Lipinski definition) is 4. The van der Waals surface area contributed by atoms with Crippen LogP contribution in [0.2, 0.25) is 0 Å². The molecule has 23 heavy (non-hydrogen) atoms. The minimum Gasteiger partial charge on any atom is -0.481 e. The average Bonchev–Trinajstić information content (AvgIpc) is 2.87. The van der Waals surface area contributed by atoms with Crippen LogP contribution in [0.25, 0.3) is 0 Å². The molecule has 0 saturated carbocycles. The zero-order valence-corrected chi connectivity index (χ0v) is 13.3. The monoisotopic (exact) mass is 329 g/mol. The molecule has 0 aromatic carbocycles. The lowest BCUT2D eigenvalue weighted by Crippen LogP contribution is -2.43.